The van der Waals surface area contributed by atoms with E-state index in [2.05, 4.69) is 10.2 Å². The molecule has 0 spiro atoms. The van der Waals surface area contributed by atoms with E-state index in [1.54, 1.807) is 12.1 Å². The van der Waals surface area contributed by atoms with Crippen molar-refractivity contribution in [3.63, 3.8) is 0 Å². The molecule has 0 saturated heterocycles. The molecule has 0 atom stereocenters. The summed E-state index contributed by atoms with van der Waals surface area (Å²) in [5.74, 6) is -0.902. The minimum Gasteiger partial charge on any atom is -0.478 e. The first kappa shape index (κ1) is 15.2. The molecule has 0 radical (unpaired) electrons. The van der Waals surface area contributed by atoms with E-state index in [1.807, 2.05) is 26.0 Å². The molecule has 0 aliphatic rings. The first-order valence-corrected chi connectivity index (χ1v) is 5.55. The van der Waals surface area contributed by atoms with E-state index in [1.165, 1.54) is 0 Å². The highest BCUT2D eigenvalue weighted by molar-refractivity contribution is 5.88. The van der Waals surface area contributed by atoms with Crippen LogP contribution in [-0.2, 0) is 0 Å². The normalized spacial score (nSPS) is 9.50. The molecule has 20 heavy (non-hydrogen) atoms. The van der Waals surface area contributed by atoms with Crippen LogP contribution >= 0.6 is 0 Å². The van der Waals surface area contributed by atoms with Gasteiger partial charge in [-0.05, 0) is 24.6 Å². The van der Waals surface area contributed by atoms with E-state index in [4.69, 9.17) is 20.4 Å². The van der Waals surface area contributed by atoms with Gasteiger partial charge in [-0.1, -0.05) is 12.1 Å². The van der Waals surface area contributed by atoms with E-state index in [0.717, 1.165) is 22.5 Å². The zero-order valence-corrected chi connectivity index (χ0v) is 10.8. The van der Waals surface area contributed by atoms with Crippen LogP contribution in [0.5, 0.6) is 0 Å². The lowest BCUT2D eigenvalue weighted by molar-refractivity contribution is -0.457. The van der Waals surface area contributed by atoms with Gasteiger partial charge in [0, 0.05) is 6.92 Å². The second-order valence-corrected chi connectivity index (χ2v) is 3.98. The third kappa shape index (κ3) is 3.80. The fraction of sp³-hybridized carbons (Fsp3) is 0.167. The molecule has 1 aromatic carbocycles. The fourth-order valence-corrected chi connectivity index (χ4v) is 1.81. The van der Waals surface area contributed by atoms with Gasteiger partial charge in [0.25, 0.3) is 0 Å². The third-order valence-corrected chi connectivity index (χ3v) is 2.61. The minimum atomic E-state index is -1.75. The second-order valence-electron chi connectivity index (χ2n) is 3.98. The first-order chi connectivity index (χ1) is 9.32. The monoisotopic (exact) mass is 279 g/mol. The van der Waals surface area contributed by atoms with Crippen molar-refractivity contribution < 1.29 is 20.1 Å². The zero-order valence-electron chi connectivity index (χ0n) is 10.8. The Kier molecular flexibility index (Phi) is 4.79. The van der Waals surface area contributed by atoms with Gasteiger partial charge < -0.3 is 20.4 Å². The Bertz CT molecular complexity index is 595. The number of hydrogen-bond donors (Lipinski definition) is 2. The van der Waals surface area contributed by atoms with Gasteiger partial charge in [-0.2, -0.15) is 5.10 Å². The highest BCUT2D eigenvalue weighted by Crippen LogP contribution is 2.23. The van der Waals surface area contributed by atoms with Crippen LogP contribution in [0.25, 0.3) is 11.1 Å². The standard InChI is InChI=1S/C12H12N2O2.NO3/c1-7-11(8(2)14-13-7)9-3-5-10(6-4-9)12(15)16;2-1(3)4/h3-6H,1-2H3,(H,13,14)(H,15,16);/q;-1/p+1. The number of aromatic carboxylic acids is 1. The molecular formula is C12H13N3O5. The van der Waals surface area contributed by atoms with E-state index < -0.39 is 11.1 Å². The topological polar surface area (TPSA) is 133 Å². The average molecular weight is 279 g/mol. The van der Waals surface area contributed by atoms with Gasteiger partial charge in [-0.25, -0.2) is 4.79 Å². The Morgan fingerprint density at radius 3 is 2.10 bits per heavy atom. The molecule has 3 N–H and O–H groups in total. The van der Waals surface area contributed by atoms with Gasteiger partial charge in [0.05, 0.1) is 21.9 Å². The zero-order chi connectivity index (χ0) is 15.3. The number of benzene rings is 1. The molecule has 8 nitrogen and oxygen atoms in total. The van der Waals surface area contributed by atoms with E-state index in [9.17, 15) is 4.79 Å². The number of nitrogens with one attached hydrogen (secondary N) is 2. The van der Waals surface area contributed by atoms with Crippen molar-refractivity contribution in [1.82, 2.24) is 5.10 Å². The molecule has 0 saturated carbocycles. The molecule has 1 heterocycles. The summed E-state index contributed by atoms with van der Waals surface area (Å²) in [5, 5.41) is 29.6. The van der Waals surface area contributed by atoms with Gasteiger partial charge in [0.15, 0.2) is 0 Å². The lowest BCUT2D eigenvalue weighted by Crippen LogP contribution is -2.04. The highest BCUT2D eigenvalue weighted by atomic mass is 16.9. The molecule has 2 aromatic rings. The maximum Gasteiger partial charge on any atom is 0.335 e. The third-order valence-electron chi connectivity index (χ3n) is 2.61. The Balaban J connectivity index is 0.000000444. The van der Waals surface area contributed by atoms with Gasteiger partial charge in [-0.3, -0.25) is 0 Å². The van der Waals surface area contributed by atoms with Crippen LogP contribution in [0.3, 0.4) is 0 Å². The van der Waals surface area contributed by atoms with Gasteiger partial charge in [0.2, 0.25) is 5.69 Å². The van der Waals surface area contributed by atoms with E-state index in [0.29, 0.717) is 5.56 Å². The number of aromatic nitrogens is 2. The summed E-state index contributed by atoms with van der Waals surface area (Å²) < 4.78 is 0. The number of nitrogens with zero attached hydrogens (tertiary/aromatic N) is 1. The Morgan fingerprint density at radius 2 is 1.75 bits per heavy atom. The van der Waals surface area contributed by atoms with Crippen LogP contribution in [-0.4, -0.2) is 21.3 Å². The molecular weight excluding hydrogens is 266 g/mol. The predicted octanol–water partition coefficient (Wildman–Crippen LogP) is 1.57. The van der Waals surface area contributed by atoms with Crippen molar-refractivity contribution in [2.75, 3.05) is 0 Å². The lowest BCUT2D eigenvalue weighted by Gasteiger charge is -1.99. The first-order valence-electron chi connectivity index (χ1n) is 5.55. The predicted molar refractivity (Wildman–Crippen MR) is 69.6 cm³/mol. The summed E-state index contributed by atoms with van der Waals surface area (Å²) in [4.78, 5) is 19.0. The van der Waals surface area contributed by atoms with E-state index >= 15 is 0 Å². The highest BCUT2D eigenvalue weighted by Gasteiger charge is 2.14. The SMILES string of the molecule is Cc1[nH][nH+]c(C)c1-c1ccc(C(=O)O)cc1.O=[N+]([O-])[O-]. The van der Waals surface area contributed by atoms with Crippen molar-refractivity contribution in [3.05, 3.63) is 56.5 Å². The van der Waals surface area contributed by atoms with Crippen LogP contribution in [0.4, 0.5) is 0 Å². The molecule has 8 heteroatoms. The molecule has 0 amide bonds. The molecule has 0 aliphatic carbocycles. The maximum atomic E-state index is 10.7. The van der Waals surface area contributed by atoms with Gasteiger partial charge in [0.1, 0.15) is 0 Å². The lowest BCUT2D eigenvalue weighted by atomic mass is 10.0. The van der Waals surface area contributed by atoms with Crippen molar-refractivity contribution in [3.8, 4) is 11.1 Å². The van der Waals surface area contributed by atoms with Crippen molar-refractivity contribution >= 4 is 5.97 Å². The molecule has 2 rings (SSSR count). The second kappa shape index (κ2) is 6.32. The van der Waals surface area contributed by atoms with Crippen LogP contribution < -0.4 is 5.10 Å². The number of H-pyrrole nitrogens is 2. The maximum absolute atomic E-state index is 10.7. The minimum absolute atomic E-state index is 0.304. The number of rotatable bonds is 2. The van der Waals surface area contributed by atoms with Crippen LogP contribution in [0.15, 0.2) is 24.3 Å². The summed E-state index contributed by atoms with van der Waals surface area (Å²) >= 11 is 0. The van der Waals surface area contributed by atoms with Crippen LogP contribution in [0.1, 0.15) is 21.7 Å². The summed E-state index contributed by atoms with van der Waals surface area (Å²) in [6.07, 6.45) is 0. The number of hydrogen-bond acceptors (Lipinski definition) is 4. The fourth-order valence-electron chi connectivity index (χ4n) is 1.81. The molecule has 0 aliphatic heterocycles. The number of carboxylic acids is 1. The Morgan fingerprint density at radius 1 is 1.25 bits per heavy atom. The smallest absolute Gasteiger partial charge is 0.335 e. The van der Waals surface area contributed by atoms with Gasteiger partial charge in [-0.15, -0.1) is 5.10 Å². The summed E-state index contributed by atoms with van der Waals surface area (Å²) in [6.45, 7) is 3.95. The molecule has 0 unspecified atom stereocenters. The Hall–Kier alpha value is -2.90. The van der Waals surface area contributed by atoms with Gasteiger partial charge >= 0.3 is 5.97 Å². The van der Waals surface area contributed by atoms with Crippen LogP contribution in [0, 0.1) is 29.2 Å². The molecule has 0 bridgehead atoms. The molecule has 1 aromatic heterocycles. The van der Waals surface area contributed by atoms with Crippen molar-refractivity contribution in [2.24, 2.45) is 0 Å². The summed E-state index contributed by atoms with van der Waals surface area (Å²) in [5.41, 5.74) is 4.49. The molecule has 0 fully saturated rings. The van der Waals surface area contributed by atoms with Crippen molar-refractivity contribution in [2.45, 2.75) is 13.8 Å². The molecule has 106 valence electrons. The number of carboxylic acid groups (broad SMARTS) is 1. The van der Waals surface area contributed by atoms with Crippen molar-refractivity contribution in [1.29, 1.82) is 0 Å². The number of carbonyl (C=O) groups is 1. The Labute approximate surface area is 113 Å². The number of aromatic amines is 2. The quantitative estimate of drug-likeness (QED) is 0.635. The summed E-state index contributed by atoms with van der Waals surface area (Å²) in [6, 6.07) is 6.87. The van der Waals surface area contributed by atoms with Crippen LogP contribution in [0.2, 0.25) is 0 Å². The largest absolute Gasteiger partial charge is 0.478 e. The number of aryl methyl sites for hydroxylation is 2. The average Bonchev–Trinajstić information content (AvgIpc) is 2.68. The summed E-state index contributed by atoms with van der Waals surface area (Å²) in [7, 11) is 0. The van der Waals surface area contributed by atoms with E-state index in [-0.39, 0.29) is 0 Å².